The van der Waals surface area contributed by atoms with Crippen molar-refractivity contribution >= 4 is 5.97 Å². The zero-order valence-electron chi connectivity index (χ0n) is 14.3. The molecule has 0 aliphatic rings. The van der Waals surface area contributed by atoms with Crippen LogP contribution in [0.15, 0.2) is 12.2 Å². The number of hydrogen-bond donors (Lipinski definition) is 1. The fourth-order valence-corrected chi connectivity index (χ4v) is 2.56. The molecule has 124 valence electrons. The molecule has 21 heavy (non-hydrogen) atoms. The lowest BCUT2D eigenvalue weighted by atomic mass is 10.0. The maximum absolute atomic E-state index is 10.4. The van der Waals surface area contributed by atoms with E-state index in [0.29, 0.717) is 6.42 Å². The summed E-state index contributed by atoms with van der Waals surface area (Å²) in [5.41, 5.74) is 0. The van der Waals surface area contributed by atoms with E-state index in [0.717, 1.165) is 18.8 Å². The Bertz CT molecular complexity index is 258. The van der Waals surface area contributed by atoms with Crippen molar-refractivity contribution in [3.8, 4) is 0 Å². The first-order valence-corrected chi connectivity index (χ1v) is 9.05. The molecule has 0 heterocycles. The van der Waals surface area contributed by atoms with Gasteiger partial charge in [0.05, 0.1) is 0 Å². The van der Waals surface area contributed by atoms with Crippen LogP contribution in [0.3, 0.4) is 0 Å². The van der Waals surface area contributed by atoms with Crippen LogP contribution in [0.4, 0.5) is 0 Å². The van der Waals surface area contributed by atoms with E-state index < -0.39 is 5.97 Å². The standard InChI is InChI=1S/C19H36O2/c1-3-4-5-9-12-15-18(2)16-13-10-7-6-8-11-14-17-19(20)21/h13,16,18H,3-12,14-15,17H2,1-2H3,(H,20,21)/b16-13-. The Morgan fingerprint density at radius 1 is 0.952 bits per heavy atom. The molecular weight excluding hydrogens is 260 g/mol. The molecule has 1 N–H and O–H groups in total. The first-order valence-electron chi connectivity index (χ1n) is 9.05. The minimum atomic E-state index is -0.665. The Labute approximate surface area is 132 Å². The Kier molecular flexibility index (Phi) is 15.0. The Morgan fingerprint density at radius 2 is 1.57 bits per heavy atom. The molecular formula is C19H36O2. The summed E-state index contributed by atoms with van der Waals surface area (Å²) in [4.78, 5) is 10.4. The Hall–Kier alpha value is -0.790. The second kappa shape index (κ2) is 15.6. The van der Waals surface area contributed by atoms with Crippen LogP contribution in [0.5, 0.6) is 0 Å². The van der Waals surface area contributed by atoms with Crippen molar-refractivity contribution in [1.29, 1.82) is 0 Å². The highest BCUT2D eigenvalue weighted by atomic mass is 16.4. The van der Waals surface area contributed by atoms with Crippen molar-refractivity contribution in [2.75, 3.05) is 0 Å². The van der Waals surface area contributed by atoms with Crippen LogP contribution in [0.2, 0.25) is 0 Å². The van der Waals surface area contributed by atoms with Crippen LogP contribution < -0.4 is 0 Å². The van der Waals surface area contributed by atoms with E-state index in [4.69, 9.17) is 5.11 Å². The first-order chi connectivity index (χ1) is 10.2. The van der Waals surface area contributed by atoms with Crippen LogP contribution in [0, 0.1) is 5.92 Å². The number of unbranched alkanes of at least 4 members (excludes halogenated alkanes) is 9. The average Bonchev–Trinajstić information content (AvgIpc) is 2.45. The van der Waals surface area contributed by atoms with Crippen molar-refractivity contribution < 1.29 is 9.90 Å². The molecule has 2 nitrogen and oxygen atoms in total. The molecule has 0 aromatic heterocycles. The fraction of sp³-hybridized carbons (Fsp3) is 0.842. The molecule has 2 heteroatoms. The number of carboxylic acids is 1. The molecule has 0 aliphatic carbocycles. The van der Waals surface area contributed by atoms with Gasteiger partial charge in [0.25, 0.3) is 0 Å². The van der Waals surface area contributed by atoms with E-state index >= 15 is 0 Å². The van der Waals surface area contributed by atoms with Gasteiger partial charge in [-0.1, -0.05) is 77.4 Å². The van der Waals surface area contributed by atoms with Gasteiger partial charge in [-0.15, -0.1) is 0 Å². The number of carboxylic acid groups (broad SMARTS) is 1. The number of allylic oxidation sites excluding steroid dienone is 2. The minimum absolute atomic E-state index is 0.329. The quantitative estimate of drug-likeness (QED) is 0.282. The van der Waals surface area contributed by atoms with Gasteiger partial charge in [-0.25, -0.2) is 0 Å². The number of carbonyl (C=O) groups is 1. The fourth-order valence-electron chi connectivity index (χ4n) is 2.56. The predicted molar refractivity (Wildman–Crippen MR) is 91.6 cm³/mol. The molecule has 0 amide bonds. The van der Waals surface area contributed by atoms with E-state index in [1.807, 2.05) is 0 Å². The summed E-state index contributed by atoms with van der Waals surface area (Å²) in [6.45, 7) is 4.58. The van der Waals surface area contributed by atoms with Gasteiger partial charge in [0, 0.05) is 6.42 Å². The lowest BCUT2D eigenvalue weighted by Gasteiger charge is -2.05. The monoisotopic (exact) mass is 296 g/mol. The lowest BCUT2D eigenvalue weighted by molar-refractivity contribution is -0.137. The molecule has 0 rings (SSSR count). The van der Waals surface area contributed by atoms with Gasteiger partial charge in [0.1, 0.15) is 0 Å². The van der Waals surface area contributed by atoms with Crippen molar-refractivity contribution in [3.05, 3.63) is 12.2 Å². The van der Waals surface area contributed by atoms with Gasteiger partial charge < -0.3 is 5.11 Å². The summed E-state index contributed by atoms with van der Waals surface area (Å²) < 4.78 is 0. The Balaban J connectivity index is 3.28. The minimum Gasteiger partial charge on any atom is -0.481 e. The molecule has 1 atom stereocenters. The highest BCUT2D eigenvalue weighted by Gasteiger charge is 1.98. The highest BCUT2D eigenvalue weighted by molar-refractivity contribution is 5.66. The van der Waals surface area contributed by atoms with Gasteiger partial charge in [0.2, 0.25) is 0 Å². The molecule has 0 bridgehead atoms. The largest absolute Gasteiger partial charge is 0.481 e. The summed E-state index contributed by atoms with van der Waals surface area (Å²) >= 11 is 0. The zero-order valence-corrected chi connectivity index (χ0v) is 14.3. The SMILES string of the molecule is CCCCCCCC(C)/C=C\CCCCCCCC(=O)O. The number of hydrogen-bond acceptors (Lipinski definition) is 1. The number of aliphatic carboxylic acids is 1. The van der Waals surface area contributed by atoms with Gasteiger partial charge in [-0.05, 0) is 31.6 Å². The van der Waals surface area contributed by atoms with Crippen molar-refractivity contribution in [2.45, 2.75) is 97.3 Å². The van der Waals surface area contributed by atoms with Gasteiger partial charge >= 0.3 is 5.97 Å². The molecule has 0 aliphatic heterocycles. The summed E-state index contributed by atoms with van der Waals surface area (Å²) in [5.74, 6) is 0.0591. The van der Waals surface area contributed by atoms with Crippen molar-refractivity contribution in [1.82, 2.24) is 0 Å². The third-order valence-corrected chi connectivity index (χ3v) is 3.99. The Morgan fingerprint density at radius 3 is 2.29 bits per heavy atom. The molecule has 0 aromatic rings. The summed E-state index contributed by atoms with van der Waals surface area (Å²) in [6, 6.07) is 0. The van der Waals surface area contributed by atoms with Crippen LogP contribution >= 0.6 is 0 Å². The van der Waals surface area contributed by atoms with E-state index in [1.165, 1.54) is 64.2 Å². The topological polar surface area (TPSA) is 37.3 Å². The lowest BCUT2D eigenvalue weighted by Crippen LogP contribution is -1.93. The van der Waals surface area contributed by atoms with Gasteiger partial charge in [-0.3, -0.25) is 4.79 Å². The van der Waals surface area contributed by atoms with Crippen LogP contribution in [0.1, 0.15) is 97.3 Å². The smallest absolute Gasteiger partial charge is 0.303 e. The van der Waals surface area contributed by atoms with E-state index in [2.05, 4.69) is 26.0 Å². The first kappa shape index (κ1) is 20.2. The van der Waals surface area contributed by atoms with E-state index in [-0.39, 0.29) is 0 Å². The summed E-state index contributed by atoms with van der Waals surface area (Å²) in [6.07, 6.45) is 20.0. The second-order valence-electron chi connectivity index (χ2n) is 6.31. The van der Waals surface area contributed by atoms with Crippen LogP contribution in [-0.2, 0) is 4.79 Å². The number of rotatable bonds is 15. The maximum atomic E-state index is 10.4. The van der Waals surface area contributed by atoms with Crippen LogP contribution in [0.25, 0.3) is 0 Å². The van der Waals surface area contributed by atoms with Gasteiger partial charge in [0.15, 0.2) is 0 Å². The van der Waals surface area contributed by atoms with E-state index in [9.17, 15) is 4.79 Å². The highest BCUT2D eigenvalue weighted by Crippen LogP contribution is 2.13. The normalized spacial score (nSPS) is 12.9. The van der Waals surface area contributed by atoms with E-state index in [1.54, 1.807) is 0 Å². The summed E-state index contributed by atoms with van der Waals surface area (Å²) in [7, 11) is 0. The average molecular weight is 296 g/mol. The third-order valence-electron chi connectivity index (χ3n) is 3.99. The molecule has 0 saturated heterocycles. The summed E-state index contributed by atoms with van der Waals surface area (Å²) in [5, 5.41) is 8.53. The zero-order chi connectivity index (χ0) is 15.8. The molecule has 0 fully saturated rings. The van der Waals surface area contributed by atoms with Crippen molar-refractivity contribution in [3.63, 3.8) is 0 Å². The van der Waals surface area contributed by atoms with Crippen molar-refractivity contribution in [2.24, 2.45) is 5.92 Å². The predicted octanol–water partition coefficient (Wildman–Crippen LogP) is 6.35. The van der Waals surface area contributed by atoms with Gasteiger partial charge in [-0.2, -0.15) is 0 Å². The molecule has 0 spiro atoms. The molecule has 0 radical (unpaired) electrons. The third kappa shape index (κ3) is 17.2. The molecule has 0 aromatic carbocycles. The molecule has 1 unspecified atom stereocenters. The molecule has 0 saturated carbocycles. The maximum Gasteiger partial charge on any atom is 0.303 e. The second-order valence-corrected chi connectivity index (χ2v) is 6.31. The van der Waals surface area contributed by atoms with Crippen LogP contribution in [-0.4, -0.2) is 11.1 Å².